The van der Waals surface area contributed by atoms with Crippen molar-refractivity contribution in [1.29, 1.82) is 0 Å². The van der Waals surface area contributed by atoms with Crippen molar-refractivity contribution >= 4 is 39.0 Å². The van der Waals surface area contributed by atoms with Crippen LogP contribution in [0.1, 0.15) is 25.0 Å². The summed E-state index contributed by atoms with van der Waals surface area (Å²) in [6.45, 7) is 4.71. The van der Waals surface area contributed by atoms with Crippen LogP contribution >= 0.6 is 0 Å². The van der Waals surface area contributed by atoms with Gasteiger partial charge < -0.3 is 9.32 Å². The topological polar surface area (TPSA) is 16.4 Å². The Hall–Kier alpha value is -5.08. The summed E-state index contributed by atoms with van der Waals surface area (Å²) in [7, 11) is 0. The van der Waals surface area contributed by atoms with Crippen molar-refractivity contribution in [2.24, 2.45) is 0 Å². The summed E-state index contributed by atoms with van der Waals surface area (Å²) >= 11 is 0. The summed E-state index contributed by atoms with van der Waals surface area (Å²) in [5.74, 6) is 0. The fourth-order valence-corrected chi connectivity index (χ4v) is 6.55. The van der Waals surface area contributed by atoms with Crippen molar-refractivity contribution < 1.29 is 4.42 Å². The minimum absolute atomic E-state index is 0.137. The largest absolute Gasteiger partial charge is 0.456 e. The maximum absolute atomic E-state index is 6.08. The van der Waals surface area contributed by atoms with Gasteiger partial charge in [-0.2, -0.15) is 0 Å². The van der Waals surface area contributed by atoms with E-state index in [4.69, 9.17) is 4.42 Å². The van der Waals surface area contributed by atoms with E-state index in [0.717, 1.165) is 33.3 Å². The van der Waals surface area contributed by atoms with Gasteiger partial charge in [-0.3, -0.25) is 0 Å². The zero-order valence-electron chi connectivity index (χ0n) is 23.1. The van der Waals surface area contributed by atoms with E-state index in [0.29, 0.717) is 0 Å². The summed E-state index contributed by atoms with van der Waals surface area (Å²) in [5, 5.41) is 2.32. The van der Waals surface area contributed by atoms with E-state index in [1.807, 2.05) is 12.1 Å². The molecule has 1 aliphatic carbocycles. The highest BCUT2D eigenvalue weighted by Gasteiger charge is 2.36. The Morgan fingerprint density at radius 1 is 0.463 bits per heavy atom. The fraction of sp³-hybridized carbons (Fsp3) is 0.0769. The van der Waals surface area contributed by atoms with Gasteiger partial charge in [-0.15, -0.1) is 0 Å². The van der Waals surface area contributed by atoms with Crippen molar-refractivity contribution in [3.63, 3.8) is 0 Å². The molecule has 0 radical (unpaired) electrons. The summed E-state index contributed by atoms with van der Waals surface area (Å²) in [4.78, 5) is 2.34. The van der Waals surface area contributed by atoms with Crippen LogP contribution in [0.3, 0.4) is 0 Å². The molecule has 2 nitrogen and oxygen atoms in total. The molecule has 2 heteroatoms. The Labute approximate surface area is 240 Å². The van der Waals surface area contributed by atoms with Gasteiger partial charge in [-0.1, -0.05) is 92.7 Å². The monoisotopic (exact) mass is 527 g/mol. The maximum Gasteiger partial charge on any atom is 0.135 e. The predicted molar refractivity (Wildman–Crippen MR) is 171 cm³/mol. The minimum Gasteiger partial charge on any atom is -0.456 e. The van der Waals surface area contributed by atoms with E-state index >= 15 is 0 Å². The molecule has 0 fully saturated rings. The van der Waals surface area contributed by atoms with Gasteiger partial charge in [0.15, 0.2) is 0 Å². The average molecular weight is 528 g/mol. The van der Waals surface area contributed by atoms with Crippen LogP contribution in [0.4, 0.5) is 17.1 Å². The lowest BCUT2D eigenvalue weighted by molar-refractivity contribution is 0.660. The Kier molecular flexibility index (Phi) is 5.20. The zero-order valence-corrected chi connectivity index (χ0v) is 23.1. The molecule has 196 valence electrons. The summed E-state index contributed by atoms with van der Waals surface area (Å²) < 4.78 is 6.08. The third-order valence-electron chi connectivity index (χ3n) is 8.66. The molecule has 8 rings (SSSR count). The third kappa shape index (κ3) is 3.72. The Morgan fingerprint density at radius 3 is 1.76 bits per heavy atom. The number of hydrogen-bond donors (Lipinski definition) is 0. The number of furan rings is 1. The van der Waals surface area contributed by atoms with Gasteiger partial charge in [0.05, 0.1) is 0 Å². The number of nitrogens with zero attached hydrogens (tertiary/aromatic N) is 1. The molecule has 0 N–H and O–H groups in total. The highest BCUT2D eigenvalue weighted by Crippen LogP contribution is 2.51. The van der Waals surface area contributed by atoms with Crippen LogP contribution in [-0.2, 0) is 5.41 Å². The van der Waals surface area contributed by atoms with Gasteiger partial charge in [0.25, 0.3) is 0 Å². The highest BCUT2D eigenvalue weighted by molar-refractivity contribution is 6.06. The van der Waals surface area contributed by atoms with Crippen LogP contribution in [0, 0.1) is 0 Å². The molecule has 1 aromatic heterocycles. The van der Waals surface area contributed by atoms with E-state index in [1.54, 1.807) is 0 Å². The lowest BCUT2D eigenvalue weighted by Gasteiger charge is -2.28. The van der Waals surface area contributed by atoms with Crippen LogP contribution in [0.5, 0.6) is 0 Å². The van der Waals surface area contributed by atoms with Crippen LogP contribution in [-0.4, -0.2) is 0 Å². The first-order valence-electron chi connectivity index (χ1n) is 14.2. The summed E-state index contributed by atoms with van der Waals surface area (Å²) in [6, 6.07) is 50.0. The Bertz CT molecular complexity index is 2030. The van der Waals surface area contributed by atoms with Crippen LogP contribution in [0.2, 0.25) is 0 Å². The summed E-state index contributed by atoms with van der Waals surface area (Å²) in [6.07, 6.45) is 0. The molecular weight excluding hydrogens is 498 g/mol. The average Bonchev–Trinajstić information content (AvgIpc) is 3.50. The minimum atomic E-state index is -0.137. The van der Waals surface area contributed by atoms with Gasteiger partial charge >= 0.3 is 0 Å². The van der Waals surface area contributed by atoms with Gasteiger partial charge in [-0.25, -0.2) is 0 Å². The molecule has 0 saturated carbocycles. The molecule has 0 saturated heterocycles. The molecule has 41 heavy (non-hydrogen) atoms. The number of para-hydroxylation sites is 3. The van der Waals surface area contributed by atoms with Crippen molar-refractivity contribution in [2.75, 3.05) is 4.90 Å². The third-order valence-corrected chi connectivity index (χ3v) is 8.66. The van der Waals surface area contributed by atoms with Crippen molar-refractivity contribution in [3.8, 4) is 22.3 Å². The second-order valence-corrected chi connectivity index (χ2v) is 11.4. The first-order valence-corrected chi connectivity index (χ1v) is 14.2. The van der Waals surface area contributed by atoms with Gasteiger partial charge in [0.2, 0.25) is 0 Å². The predicted octanol–water partition coefficient (Wildman–Crippen LogP) is 11.0. The lowest BCUT2D eigenvalue weighted by Crippen LogP contribution is -2.16. The van der Waals surface area contributed by atoms with E-state index in [-0.39, 0.29) is 5.41 Å². The van der Waals surface area contributed by atoms with E-state index in [9.17, 15) is 0 Å². The zero-order chi connectivity index (χ0) is 27.6. The quantitative estimate of drug-likeness (QED) is 0.226. The molecule has 0 amide bonds. The van der Waals surface area contributed by atoms with Crippen molar-refractivity contribution in [3.05, 3.63) is 151 Å². The van der Waals surface area contributed by atoms with Crippen LogP contribution in [0.25, 0.3) is 44.2 Å². The SMILES string of the molecule is CC1(C)c2cc(-c3ccc4oc5ccccc5c4c3)ccc2-c2ccc(N(c3ccccc3)c3ccccc3)cc21. The summed E-state index contributed by atoms with van der Waals surface area (Å²) in [5.41, 5.74) is 13.0. The molecule has 7 aromatic rings. The molecule has 0 bridgehead atoms. The highest BCUT2D eigenvalue weighted by atomic mass is 16.3. The van der Waals surface area contributed by atoms with E-state index < -0.39 is 0 Å². The Balaban J connectivity index is 1.23. The maximum atomic E-state index is 6.08. The lowest BCUT2D eigenvalue weighted by atomic mass is 9.81. The molecule has 0 unspecified atom stereocenters. The van der Waals surface area contributed by atoms with Crippen LogP contribution < -0.4 is 4.90 Å². The fourth-order valence-electron chi connectivity index (χ4n) is 6.55. The Morgan fingerprint density at radius 2 is 1.02 bits per heavy atom. The first-order chi connectivity index (χ1) is 20.1. The van der Waals surface area contributed by atoms with Crippen molar-refractivity contribution in [2.45, 2.75) is 19.3 Å². The van der Waals surface area contributed by atoms with Gasteiger partial charge in [0.1, 0.15) is 11.2 Å². The number of benzene rings is 6. The second kappa shape index (κ2) is 8.97. The molecular formula is C39H29NO. The first kappa shape index (κ1) is 23.8. The molecule has 0 spiro atoms. The molecule has 1 aliphatic rings. The molecule has 6 aromatic carbocycles. The second-order valence-electron chi connectivity index (χ2n) is 11.4. The van der Waals surface area contributed by atoms with Crippen molar-refractivity contribution in [1.82, 2.24) is 0 Å². The van der Waals surface area contributed by atoms with Crippen LogP contribution in [0.15, 0.2) is 144 Å². The smallest absolute Gasteiger partial charge is 0.135 e. The molecule has 0 atom stereocenters. The van der Waals surface area contributed by atoms with E-state index in [2.05, 4.69) is 146 Å². The van der Waals surface area contributed by atoms with Gasteiger partial charge in [0, 0.05) is 33.2 Å². The standard InChI is InChI=1S/C39H29NO/c1-39(2)35-24-27(26-18-22-38-34(23-26)33-15-9-10-16-37(33)41-38)17-20-31(35)32-21-19-30(25-36(32)39)40(28-11-5-3-6-12-28)29-13-7-4-8-14-29/h3-25H,1-2H3. The normalized spacial score (nSPS) is 13.3. The number of anilines is 3. The number of hydrogen-bond acceptors (Lipinski definition) is 2. The number of fused-ring (bicyclic) bond motifs is 6. The molecule has 1 heterocycles. The number of rotatable bonds is 4. The van der Waals surface area contributed by atoms with E-state index in [1.165, 1.54) is 39.1 Å². The molecule has 0 aliphatic heterocycles. The van der Waals surface area contributed by atoms with Gasteiger partial charge in [-0.05, 0) is 94.0 Å².